The Hall–Kier alpha value is -2.63. The van der Waals surface area contributed by atoms with E-state index in [1.165, 1.54) is 0 Å². The summed E-state index contributed by atoms with van der Waals surface area (Å²) in [6, 6.07) is 15.9. The zero-order valence-electron chi connectivity index (χ0n) is 24.9. The van der Waals surface area contributed by atoms with Crippen molar-refractivity contribution in [1.29, 1.82) is 0 Å². The first-order valence-corrected chi connectivity index (χ1v) is 19.9. The molecule has 216 valence electrons. The Labute approximate surface area is 236 Å². The number of rotatable bonds is 16. The van der Waals surface area contributed by atoms with Crippen molar-refractivity contribution in [2.75, 3.05) is 27.4 Å². The quantitative estimate of drug-likeness (QED) is 0.155. The Kier molecular flexibility index (Phi) is 12.7. The lowest BCUT2D eigenvalue weighted by Gasteiger charge is -2.37. The van der Waals surface area contributed by atoms with Gasteiger partial charge in [0.1, 0.15) is 11.5 Å². The van der Waals surface area contributed by atoms with Gasteiger partial charge in [0, 0.05) is 0 Å². The first-order chi connectivity index (χ1) is 18.3. The summed E-state index contributed by atoms with van der Waals surface area (Å²) >= 11 is 0. The first-order valence-electron chi connectivity index (χ1n) is 13.7. The van der Waals surface area contributed by atoms with Crippen molar-refractivity contribution < 1.29 is 32.7 Å². The van der Waals surface area contributed by atoms with Crippen molar-refractivity contribution in [3.05, 3.63) is 59.7 Å². The average Bonchev–Trinajstić information content (AvgIpc) is 2.87. The maximum Gasteiger partial charge on any atom is 0.338 e. The van der Waals surface area contributed by atoms with Crippen molar-refractivity contribution in [3.8, 4) is 11.5 Å². The van der Waals surface area contributed by atoms with E-state index in [-0.39, 0.29) is 11.9 Å². The average molecular weight is 575 g/mol. The van der Waals surface area contributed by atoms with Crippen LogP contribution in [-0.2, 0) is 13.6 Å². The number of hydrogen-bond donors (Lipinski definition) is 0. The van der Waals surface area contributed by atoms with E-state index >= 15 is 0 Å². The Morgan fingerprint density at radius 3 is 1.28 bits per heavy atom. The molecule has 0 radical (unpaired) electrons. The van der Waals surface area contributed by atoms with Gasteiger partial charge in [0.05, 0.1) is 38.6 Å². The summed E-state index contributed by atoms with van der Waals surface area (Å²) in [6.07, 6.45) is 1.61. The third-order valence-electron chi connectivity index (χ3n) is 6.57. The minimum absolute atomic E-state index is 0.310. The molecule has 0 saturated carbocycles. The zero-order valence-corrected chi connectivity index (χ0v) is 26.9. The van der Waals surface area contributed by atoms with Crippen molar-refractivity contribution >= 4 is 28.6 Å². The maximum atomic E-state index is 12.3. The molecule has 7 nitrogen and oxygen atoms in total. The summed E-state index contributed by atoms with van der Waals surface area (Å²) in [5.74, 6) is 1.59. The van der Waals surface area contributed by atoms with Crippen molar-refractivity contribution in [1.82, 2.24) is 0 Å². The maximum absolute atomic E-state index is 12.3. The van der Waals surface area contributed by atoms with E-state index < -0.39 is 16.6 Å². The molecule has 0 heterocycles. The number of methoxy groups -OCH3 is 2. The first kappa shape index (κ1) is 32.6. The van der Waals surface area contributed by atoms with Gasteiger partial charge in [-0.3, -0.25) is 0 Å². The molecular weight excluding hydrogens is 528 g/mol. The van der Waals surface area contributed by atoms with Gasteiger partial charge in [0.2, 0.25) is 0 Å². The molecule has 0 aliphatic heterocycles. The van der Waals surface area contributed by atoms with Gasteiger partial charge in [0.15, 0.2) is 16.6 Å². The van der Waals surface area contributed by atoms with Crippen molar-refractivity contribution in [2.24, 2.45) is 11.8 Å². The van der Waals surface area contributed by atoms with Gasteiger partial charge in [-0.05, 0) is 111 Å². The van der Waals surface area contributed by atoms with Crippen LogP contribution in [0.3, 0.4) is 0 Å². The molecular formula is C30H46O7Si2. The Balaban J connectivity index is 1.71. The molecule has 2 aromatic carbocycles. The van der Waals surface area contributed by atoms with Crippen LogP contribution in [0.1, 0.15) is 47.4 Å². The van der Waals surface area contributed by atoms with Crippen molar-refractivity contribution in [2.45, 2.75) is 65.0 Å². The van der Waals surface area contributed by atoms with Gasteiger partial charge in [-0.1, -0.05) is 13.8 Å². The second-order valence-electron chi connectivity index (χ2n) is 11.5. The minimum Gasteiger partial charge on any atom is -0.497 e. The van der Waals surface area contributed by atoms with E-state index in [0.717, 1.165) is 24.9 Å². The number of esters is 2. The molecule has 2 rings (SSSR count). The largest absolute Gasteiger partial charge is 0.497 e. The second-order valence-corrected chi connectivity index (χ2v) is 20.2. The van der Waals surface area contributed by atoms with Gasteiger partial charge in [-0.2, -0.15) is 0 Å². The van der Waals surface area contributed by atoms with E-state index in [1.54, 1.807) is 62.8 Å². The van der Waals surface area contributed by atoms with Crippen LogP contribution in [-0.4, -0.2) is 56.0 Å². The third-order valence-corrected chi connectivity index (χ3v) is 14.4. The highest BCUT2D eigenvalue weighted by molar-refractivity contribution is 6.84. The summed E-state index contributed by atoms with van der Waals surface area (Å²) < 4.78 is 28.1. The van der Waals surface area contributed by atoms with E-state index in [1.807, 2.05) is 0 Å². The highest BCUT2D eigenvalue weighted by Crippen LogP contribution is 2.29. The fourth-order valence-electron chi connectivity index (χ4n) is 5.04. The topological polar surface area (TPSA) is 80.3 Å². The monoisotopic (exact) mass is 574 g/mol. The molecule has 0 fully saturated rings. The molecule has 9 heteroatoms. The summed E-state index contributed by atoms with van der Waals surface area (Å²) in [7, 11) is -0.629. The van der Waals surface area contributed by atoms with Gasteiger partial charge < -0.3 is 23.1 Å². The number of ether oxygens (including phenoxy) is 4. The predicted octanol–water partition coefficient (Wildman–Crippen LogP) is 7.20. The normalized spacial score (nSPS) is 13.3. The van der Waals surface area contributed by atoms with E-state index in [4.69, 9.17) is 23.1 Å². The molecule has 0 bridgehead atoms. The summed E-state index contributed by atoms with van der Waals surface area (Å²) in [6.45, 7) is 14.3. The SMILES string of the molecule is COc1ccc(C(=O)OCCC(C)C[Si](C)(C)O[Si](C)(C)CC(C)CCOC(=O)c2ccc(OC)cc2)cc1. The van der Waals surface area contributed by atoms with Gasteiger partial charge in [-0.15, -0.1) is 0 Å². The van der Waals surface area contributed by atoms with Crippen LogP contribution in [0.5, 0.6) is 11.5 Å². The fraction of sp³-hybridized carbons (Fsp3) is 0.533. The fourth-order valence-corrected chi connectivity index (χ4v) is 15.5. The highest BCUT2D eigenvalue weighted by atomic mass is 28.4. The molecule has 2 aromatic rings. The number of hydrogen-bond acceptors (Lipinski definition) is 7. The lowest BCUT2D eigenvalue weighted by Crippen LogP contribution is -2.46. The zero-order chi connectivity index (χ0) is 29.1. The molecule has 2 atom stereocenters. The Morgan fingerprint density at radius 1 is 0.641 bits per heavy atom. The molecule has 0 aliphatic rings. The molecule has 39 heavy (non-hydrogen) atoms. The van der Waals surface area contributed by atoms with Gasteiger partial charge in [0.25, 0.3) is 0 Å². The minimum atomic E-state index is -1.91. The van der Waals surface area contributed by atoms with Gasteiger partial charge in [-0.25, -0.2) is 9.59 Å². The van der Waals surface area contributed by atoms with E-state index in [9.17, 15) is 9.59 Å². The van der Waals surface area contributed by atoms with Crippen molar-refractivity contribution in [3.63, 3.8) is 0 Å². The Morgan fingerprint density at radius 2 is 0.974 bits per heavy atom. The second kappa shape index (κ2) is 15.2. The van der Waals surface area contributed by atoms with Crippen LogP contribution in [0.2, 0.25) is 38.3 Å². The van der Waals surface area contributed by atoms with Crippen LogP contribution >= 0.6 is 0 Å². The predicted molar refractivity (Wildman–Crippen MR) is 160 cm³/mol. The summed E-state index contributed by atoms with van der Waals surface area (Å²) in [5, 5.41) is 0. The molecule has 0 aromatic heterocycles. The molecule has 0 saturated heterocycles. The van der Waals surface area contributed by atoms with Crippen LogP contribution in [0.4, 0.5) is 0 Å². The number of carbonyl (C=O) groups excluding carboxylic acids is 2. The lowest BCUT2D eigenvalue weighted by atomic mass is 10.1. The molecule has 0 amide bonds. The molecule has 0 spiro atoms. The highest BCUT2D eigenvalue weighted by Gasteiger charge is 2.35. The third kappa shape index (κ3) is 12.0. The van der Waals surface area contributed by atoms with E-state index in [2.05, 4.69) is 40.0 Å². The lowest BCUT2D eigenvalue weighted by molar-refractivity contribution is 0.0478. The molecule has 0 aliphatic carbocycles. The smallest absolute Gasteiger partial charge is 0.338 e. The Bertz CT molecular complexity index is 953. The number of benzene rings is 2. The van der Waals surface area contributed by atoms with Crippen LogP contribution in [0, 0.1) is 11.8 Å². The molecule has 2 unspecified atom stereocenters. The van der Waals surface area contributed by atoms with Gasteiger partial charge >= 0.3 is 11.9 Å². The van der Waals surface area contributed by atoms with Crippen LogP contribution in [0.15, 0.2) is 48.5 Å². The van der Waals surface area contributed by atoms with Crippen LogP contribution in [0.25, 0.3) is 0 Å². The summed E-state index contributed by atoms with van der Waals surface area (Å²) in [4.78, 5) is 24.6. The standard InChI is InChI=1S/C30H46O7Si2/c1-23(17-19-35-29(31)25-9-13-27(33-3)14-10-25)21-38(5,6)37-39(7,8)22-24(2)18-20-36-30(32)26-11-15-28(34-4)16-12-26/h9-16,23-24H,17-22H2,1-8H3. The van der Waals surface area contributed by atoms with E-state index in [0.29, 0.717) is 47.7 Å². The summed E-state index contributed by atoms with van der Waals surface area (Å²) in [5.41, 5.74) is 1.05. The molecule has 0 N–H and O–H groups in total. The number of carbonyl (C=O) groups is 2. The van der Waals surface area contributed by atoms with Crippen LogP contribution < -0.4 is 9.47 Å².